The molecule has 0 aromatic carbocycles. The smallest absolute Gasteiger partial charge is 0.244 e. The highest BCUT2D eigenvalue weighted by molar-refractivity contribution is 5.88. The Balaban J connectivity index is 1.30. The molecule has 2 atom stereocenters. The van der Waals surface area contributed by atoms with Gasteiger partial charge in [0.2, 0.25) is 11.8 Å². The van der Waals surface area contributed by atoms with E-state index < -0.39 is 11.6 Å². The molecule has 8 heteroatoms. The summed E-state index contributed by atoms with van der Waals surface area (Å²) in [6.07, 6.45) is 6.57. The Bertz CT molecular complexity index is 897. The number of nitrogens with one attached hydrogen (secondary N) is 2. The number of likely N-dealkylation sites (tertiary alicyclic amines) is 1. The van der Waals surface area contributed by atoms with Crippen LogP contribution in [0.5, 0.6) is 0 Å². The molecule has 0 radical (unpaired) electrons. The summed E-state index contributed by atoms with van der Waals surface area (Å²) in [5.41, 5.74) is 1.04. The zero-order chi connectivity index (χ0) is 21.1. The van der Waals surface area contributed by atoms with E-state index in [1.54, 1.807) is 18.0 Å². The Kier molecular flexibility index (Phi) is 6.06. The van der Waals surface area contributed by atoms with E-state index in [1.807, 2.05) is 29.0 Å². The van der Waals surface area contributed by atoms with Gasteiger partial charge in [0.15, 0.2) is 0 Å². The molecule has 4 rings (SSSR count). The summed E-state index contributed by atoms with van der Waals surface area (Å²) in [4.78, 5) is 31.3. The summed E-state index contributed by atoms with van der Waals surface area (Å²) in [6, 6.07) is 5.29. The zero-order valence-corrected chi connectivity index (χ0v) is 17.5. The summed E-state index contributed by atoms with van der Waals surface area (Å²) < 4.78 is 2.03. The second kappa shape index (κ2) is 8.73. The number of aliphatic hydroxyl groups is 1. The van der Waals surface area contributed by atoms with Crippen LogP contribution in [-0.4, -0.2) is 69.2 Å². The van der Waals surface area contributed by atoms with E-state index >= 15 is 0 Å². The van der Waals surface area contributed by atoms with Crippen LogP contribution in [0.1, 0.15) is 32.6 Å². The molecule has 0 bridgehead atoms. The van der Waals surface area contributed by atoms with Gasteiger partial charge in [-0.2, -0.15) is 0 Å². The number of fused-ring (bicyclic) bond motifs is 1. The number of pyridine rings is 1. The molecular weight excluding hydrogens is 382 g/mol. The van der Waals surface area contributed by atoms with Gasteiger partial charge in [-0.3, -0.25) is 14.6 Å². The van der Waals surface area contributed by atoms with Crippen LogP contribution in [0.3, 0.4) is 0 Å². The van der Waals surface area contributed by atoms with Gasteiger partial charge in [-0.05, 0) is 57.4 Å². The molecule has 2 aliphatic rings. The number of nitrogens with zero attached hydrogens (tertiary/aromatic N) is 3. The van der Waals surface area contributed by atoms with E-state index in [0.717, 1.165) is 30.4 Å². The molecule has 0 unspecified atom stereocenters. The number of hydrogen-bond acceptors (Lipinski definition) is 5. The van der Waals surface area contributed by atoms with Crippen molar-refractivity contribution in [1.82, 2.24) is 25.1 Å². The van der Waals surface area contributed by atoms with Crippen LogP contribution in [0.2, 0.25) is 0 Å². The topological polar surface area (TPSA) is 99.5 Å². The monoisotopic (exact) mass is 413 g/mol. The standard InChI is InChI=1S/C22H31N5O3/c1-16(25-20(28)17-4-2-9-23-14-17)21(29)26-12-7-22(30,8-13-26)15-27-11-6-18-19(27)5-3-10-24-18/h3,5-6,10-11,16-17,23,30H,2,4,7-9,12-15H2,1H3,(H,25,28)/t16-,17+/m1/s1. The van der Waals surface area contributed by atoms with Crippen LogP contribution in [0.25, 0.3) is 11.0 Å². The molecule has 2 amide bonds. The van der Waals surface area contributed by atoms with Crippen LogP contribution < -0.4 is 10.6 Å². The van der Waals surface area contributed by atoms with Crippen LogP contribution in [0, 0.1) is 5.92 Å². The lowest BCUT2D eigenvalue weighted by Gasteiger charge is -2.39. The van der Waals surface area contributed by atoms with E-state index in [9.17, 15) is 14.7 Å². The minimum absolute atomic E-state index is 0.0512. The van der Waals surface area contributed by atoms with Gasteiger partial charge in [0.1, 0.15) is 6.04 Å². The maximum atomic E-state index is 12.8. The lowest BCUT2D eigenvalue weighted by molar-refractivity contribution is -0.140. The average Bonchev–Trinajstić information content (AvgIpc) is 3.16. The molecule has 162 valence electrons. The van der Waals surface area contributed by atoms with Gasteiger partial charge in [0.05, 0.1) is 29.1 Å². The fourth-order valence-electron chi connectivity index (χ4n) is 4.52. The lowest BCUT2D eigenvalue weighted by atomic mass is 9.91. The van der Waals surface area contributed by atoms with Crippen molar-refractivity contribution in [2.75, 3.05) is 26.2 Å². The summed E-state index contributed by atoms with van der Waals surface area (Å²) >= 11 is 0. The Morgan fingerprint density at radius 3 is 2.90 bits per heavy atom. The summed E-state index contributed by atoms with van der Waals surface area (Å²) in [5, 5.41) is 17.2. The van der Waals surface area contributed by atoms with Crippen molar-refractivity contribution in [2.24, 2.45) is 5.92 Å². The highest BCUT2D eigenvalue weighted by Gasteiger charge is 2.36. The third-order valence-electron chi connectivity index (χ3n) is 6.41. The van der Waals surface area contributed by atoms with Crippen LogP contribution in [0.4, 0.5) is 0 Å². The first-order valence-electron chi connectivity index (χ1n) is 10.9. The van der Waals surface area contributed by atoms with Crippen molar-refractivity contribution < 1.29 is 14.7 Å². The van der Waals surface area contributed by atoms with E-state index in [0.29, 0.717) is 39.0 Å². The van der Waals surface area contributed by atoms with Crippen LogP contribution >= 0.6 is 0 Å². The summed E-state index contributed by atoms with van der Waals surface area (Å²) in [5.74, 6) is -0.194. The predicted octanol–water partition coefficient (Wildman–Crippen LogP) is 0.894. The highest BCUT2D eigenvalue weighted by Crippen LogP contribution is 2.26. The molecule has 30 heavy (non-hydrogen) atoms. The molecule has 4 heterocycles. The molecular formula is C22H31N5O3. The third kappa shape index (κ3) is 4.49. The number of piperidine rings is 2. The quantitative estimate of drug-likeness (QED) is 0.676. The number of rotatable bonds is 5. The largest absolute Gasteiger partial charge is 0.388 e. The SMILES string of the molecule is C[C@@H](NC(=O)[C@H]1CCCNC1)C(=O)N1CCC(O)(Cn2ccc3ncccc32)CC1. The first-order valence-corrected chi connectivity index (χ1v) is 10.9. The van der Waals surface area contributed by atoms with E-state index in [-0.39, 0.29) is 17.7 Å². The second-order valence-electron chi connectivity index (χ2n) is 8.67. The third-order valence-corrected chi connectivity index (χ3v) is 6.41. The molecule has 0 saturated carbocycles. The lowest BCUT2D eigenvalue weighted by Crippen LogP contribution is -2.54. The summed E-state index contributed by atoms with van der Waals surface area (Å²) in [6.45, 7) is 4.81. The molecule has 3 N–H and O–H groups in total. The molecule has 8 nitrogen and oxygen atoms in total. The Morgan fingerprint density at radius 2 is 2.17 bits per heavy atom. The average molecular weight is 414 g/mol. The molecule has 2 aromatic rings. The van der Waals surface area contributed by atoms with E-state index in [4.69, 9.17) is 0 Å². The highest BCUT2D eigenvalue weighted by atomic mass is 16.3. The minimum atomic E-state index is -0.862. The molecule has 0 spiro atoms. The number of amides is 2. The molecule has 2 aromatic heterocycles. The predicted molar refractivity (Wildman–Crippen MR) is 114 cm³/mol. The van der Waals surface area contributed by atoms with Crippen molar-refractivity contribution in [3.8, 4) is 0 Å². The zero-order valence-electron chi connectivity index (χ0n) is 17.5. The first kappa shape index (κ1) is 20.8. The fraction of sp³-hybridized carbons (Fsp3) is 0.591. The van der Waals surface area contributed by atoms with Crippen LogP contribution in [0.15, 0.2) is 30.6 Å². The van der Waals surface area contributed by atoms with Crippen molar-refractivity contribution in [3.05, 3.63) is 30.6 Å². The number of carbonyl (C=O) groups is 2. The maximum absolute atomic E-state index is 12.8. The minimum Gasteiger partial charge on any atom is -0.388 e. The van der Waals surface area contributed by atoms with Gasteiger partial charge < -0.3 is 25.2 Å². The maximum Gasteiger partial charge on any atom is 0.244 e. The molecule has 2 fully saturated rings. The Hall–Kier alpha value is -2.45. The van der Waals surface area contributed by atoms with Crippen molar-refractivity contribution >= 4 is 22.8 Å². The van der Waals surface area contributed by atoms with Gasteiger partial charge in [-0.15, -0.1) is 0 Å². The van der Waals surface area contributed by atoms with E-state index in [2.05, 4.69) is 15.6 Å². The fourth-order valence-corrected chi connectivity index (χ4v) is 4.52. The van der Waals surface area contributed by atoms with Gasteiger partial charge in [0, 0.05) is 32.0 Å². The van der Waals surface area contributed by atoms with Crippen LogP contribution in [-0.2, 0) is 16.1 Å². The Morgan fingerprint density at radius 1 is 1.37 bits per heavy atom. The van der Waals surface area contributed by atoms with Crippen molar-refractivity contribution in [1.29, 1.82) is 0 Å². The van der Waals surface area contributed by atoms with Gasteiger partial charge in [-0.25, -0.2) is 0 Å². The second-order valence-corrected chi connectivity index (χ2v) is 8.67. The number of aromatic nitrogens is 2. The number of hydrogen-bond donors (Lipinski definition) is 3. The van der Waals surface area contributed by atoms with Gasteiger partial charge in [0.25, 0.3) is 0 Å². The molecule has 0 aliphatic carbocycles. The molecule has 2 saturated heterocycles. The number of carbonyl (C=O) groups excluding carboxylic acids is 2. The summed E-state index contributed by atoms with van der Waals surface area (Å²) in [7, 11) is 0. The normalized spacial score (nSPS) is 22.6. The van der Waals surface area contributed by atoms with Gasteiger partial charge >= 0.3 is 0 Å². The van der Waals surface area contributed by atoms with Gasteiger partial charge in [-0.1, -0.05) is 0 Å². The van der Waals surface area contributed by atoms with E-state index in [1.165, 1.54) is 0 Å². The van der Waals surface area contributed by atoms with Crippen molar-refractivity contribution in [3.63, 3.8) is 0 Å². The molecule has 2 aliphatic heterocycles. The Labute approximate surface area is 176 Å². The first-order chi connectivity index (χ1) is 14.5. The van der Waals surface area contributed by atoms with Crippen molar-refractivity contribution in [2.45, 2.75) is 50.8 Å².